The predicted molar refractivity (Wildman–Crippen MR) is 109 cm³/mol. The van der Waals surface area contributed by atoms with E-state index in [0.717, 1.165) is 11.1 Å². The summed E-state index contributed by atoms with van der Waals surface area (Å²) in [6.45, 7) is 2.42. The zero-order chi connectivity index (χ0) is 19.5. The molecule has 0 fully saturated rings. The van der Waals surface area contributed by atoms with E-state index in [1.54, 1.807) is 18.2 Å². The molecule has 1 spiro atoms. The minimum Gasteiger partial charge on any atom is -0.377 e. The van der Waals surface area contributed by atoms with E-state index in [0.29, 0.717) is 33.6 Å². The zero-order valence-electron chi connectivity index (χ0n) is 15.0. The minimum atomic E-state index is -1.14. The second-order valence-corrected chi connectivity index (χ2v) is 8.06. The van der Waals surface area contributed by atoms with Crippen LogP contribution in [0, 0.1) is 6.92 Å². The topological polar surface area (TPSA) is 43.6 Å². The number of oxime groups is 1. The Bertz CT molecular complexity index is 1110. The molecule has 3 aromatic rings. The normalized spacial score (nSPS) is 23.0. The Balaban J connectivity index is 1.70. The van der Waals surface area contributed by atoms with Crippen LogP contribution in [-0.4, -0.2) is 21.7 Å². The summed E-state index contributed by atoms with van der Waals surface area (Å²) in [5, 5.41) is 5.33. The lowest BCUT2D eigenvalue weighted by molar-refractivity contribution is -0.0130. The summed E-state index contributed by atoms with van der Waals surface area (Å²) in [4.78, 5) is 19.3. The maximum atomic E-state index is 13.4. The number of hydrogen-bond acceptors (Lipinski definition) is 3. The molecule has 2 aliphatic rings. The van der Waals surface area contributed by atoms with Crippen molar-refractivity contribution in [3.63, 3.8) is 0 Å². The largest absolute Gasteiger partial charge is 0.377 e. The highest BCUT2D eigenvalue weighted by Crippen LogP contribution is 2.48. The monoisotopic (exact) mass is 410 g/mol. The fraction of sp³-hybridized carbons (Fsp3) is 0.182. The van der Waals surface area contributed by atoms with Crippen molar-refractivity contribution < 1.29 is 9.63 Å². The summed E-state index contributed by atoms with van der Waals surface area (Å²) in [7, 11) is 0. The van der Waals surface area contributed by atoms with Crippen LogP contribution < -0.4 is 0 Å². The summed E-state index contributed by atoms with van der Waals surface area (Å²) < 4.78 is 1.91. The molecule has 3 heterocycles. The molecule has 140 valence electrons. The third-order valence-corrected chi connectivity index (χ3v) is 6.16. The van der Waals surface area contributed by atoms with E-state index >= 15 is 0 Å². The van der Waals surface area contributed by atoms with Crippen molar-refractivity contribution in [2.45, 2.75) is 25.0 Å². The highest BCUT2D eigenvalue weighted by molar-refractivity contribution is 6.41. The van der Waals surface area contributed by atoms with E-state index in [1.165, 1.54) is 0 Å². The van der Waals surface area contributed by atoms with Gasteiger partial charge in [0.05, 0.1) is 28.2 Å². The van der Waals surface area contributed by atoms with Gasteiger partial charge in [0.2, 0.25) is 11.4 Å². The average molecular weight is 411 g/mol. The van der Waals surface area contributed by atoms with E-state index in [4.69, 9.17) is 28.0 Å². The van der Waals surface area contributed by atoms with Crippen molar-refractivity contribution >= 4 is 34.7 Å². The van der Waals surface area contributed by atoms with Crippen molar-refractivity contribution in [3.8, 4) is 0 Å². The number of aryl methyl sites for hydroxylation is 1. The smallest absolute Gasteiger partial charge is 0.231 e. The van der Waals surface area contributed by atoms with Gasteiger partial charge in [0.25, 0.3) is 0 Å². The Hall–Kier alpha value is -2.56. The Kier molecular flexibility index (Phi) is 3.90. The molecule has 0 saturated heterocycles. The molecule has 6 heteroatoms. The molecular weight excluding hydrogens is 395 g/mol. The summed E-state index contributed by atoms with van der Waals surface area (Å²) in [6, 6.07) is 17.1. The van der Waals surface area contributed by atoms with Gasteiger partial charge in [-0.15, -0.1) is 0 Å². The second-order valence-electron chi connectivity index (χ2n) is 7.25. The molecule has 0 amide bonds. The number of carbonyl (C=O) groups excluding carboxylic acids is 1. The number of benzene rings is 2. The molecule has 0 bridgehead atoms. The van der Waals surface area contributed by atoms with Crippen LogP contribution in [0.25, 0.3) is 0 Å². The lowest BCUT2D eigenvalue weighted by atomic mass is 9.75. The van der Waals surface area contributed by atoms with Crippen LogP contribution in [0.3, 0.4) is 0 Å². The molecule has 2 unspecified atom stereocenters. The van der Waals surface area contributed by atoms with Gasteiger partial charge in [0, 0.05) is 11.8 Å². The molecule has 2 atom stereocenters. The van der Waals surface area contributed by atoms with Crippen LogP contribution in [0.2, 0.25) is 10.0 Å². The first-order valence-corrected chi connectivity index (χ1v) is 9.74. The Morgan fingerprint density at radius 1 is 1.07 bits per heavy atom. The standard InChI is InChI=1S/C22H16Cl2N2O2/c1-13-7-9-14(10-8-13)19-20(18-15(23)4-2-5-16(18)24)25-28-22(19)12-26-11-3-6-17(26)21(22)27/h2-11,19H,12H2,1H3. The van der Waals surface area contributed by atoms with Crippen molar-refractivity contribution in [1.29, 1.82) is 0 Å². The van der Waals surface area contributed by atoms with Gasteiger partial charge in [0.1, 0.15) is 5.71 Å². The first-order valence-electron chi connectivity index (χ1n) is 8.98. The van der Waals surface area contributed by atoms with Gasteiger partial charge in [0.15, 0.2) is 0 Å². The second kappa shape index (κ2) is 6.23. The molecule has 0 saturated carbocycles. The maximum Gasteiger partial charge on any atom is 0.231 e. The third-order valence-electron chi connectivity index (χ3n) is 5.53. The van der Waals surface area contributed by atoms with Crippen LogP contribution in [-0.2, 0) is 11.4 Å². The van der Waals surface area contributed by atoms with E-state index < -0.39 is 11.5 Å². The van der Waals surface area contributed by atoms with Crippen molar-refractivity contribution in [2.75, 3.05) is 0 Å². The Labute approximate surface area is 172 Å². The zero-order valence-corrected chi connectivity index (χ0v) is 16.5. The highest BCUT2D eigenvalue weighted by atomic mass is 35.5. The fourth-order valence-electron chi connectivity index (χ4n) is 4.17. The van der Waals surface area contributed by atoms with Gasteiger partial charge < -0.3 is 9.40 Å². The van der Waals surface area contributed by atoms with Crippen LogP contribution in [0.4, 0.5) is 0 Å². The van der Waals surface area contributed by atoms with Gasteiger partial charge in [-0.05, 0) is 36.8 Å². The number of halogens is 2. The number of hydrogen-bond donors (Lipinski definition) is 0. The van der Waals surface area contributed by atoms with Gasteiger partial charge in [-0.2, -0.15) is 0 Å². The van der Waals surface area contributed by atoms with Gasteiger partial charge in [-0.3, -0.25) is 4.79 Å². The highest BCUT2D eigenvalue weighted by Gasteiger charge is 2.60. The quantitative estimate of drug-likeness (QED) is 0.578. The predicted octanol–water partition coefficient (Wildman–Crippen LogP) is 5.26. The molecule has 0 aliphatic carbocycles. The van der Waals surface area contributed by atoms with Crippen molar-refractivity contribution in [1.82, 2.24) is 4.57 Å². The van der Waals surface area contributed by atoms with Gasteiger partial charge in [-0.1, -0.05) is 64.3 Å². The summed E-state index contributed by atoms with van der Waals surface area (Å²) in [5.41, 5.74) is 2.76. The molecule has 1 aromatic heterocycles. The molecule has 2 aliphatic heterocycles. The van der Waals surface area contributed by atoms with Crippen LogP contribution in [0.15, 0.2) is 65.9 Å². The average Bonchev–Trinajstić information content (AvgIpc) is 3.34. The lowest BCUT2D eigenvalue weighted by Crippen LogP contribution is -2.44. The van der Waals surface area contributed by atoms with E-state index in [9.17, 15) is 4.79 Å². The number of fused-ring (bicyclic) bond motifs is 1. The molecule has 28 heavy (non-hydrogen) atoms. The number of aromatic nitrogens is 1. The molecular formula is C22H16Cl2N2O2. The van der Waals surface area contributed by atoms with Crippen molar-refractivity contribution in [2.24, 2.45) is 5.16 Å². The van der Waals surface area contributed by atoms with E-state index in [1.807, 2.05) is 54.1 Å². The number of nitrogens with zero attached hydrogens (tertiary/aromatic N) is 2. The number of rotatable bonds is 2. The van der Waals surface area contributed by atoms with Crippen LogP contribution >= 0.6 is 23.2 Å². The molecule has 2 aromatic carbocycles. The van der Waals surface area contributed by atoms with E-state index in [2.05, 4.69) is 5.16 Å². The SMILES string of the molecule is Cc1ccc(C2C(c3c(Cl)cccc3Cl)=NOC23Cn2cccc2C3=O)cc1. The fourth-order valence-corrected chi connectivity index (χ4v) is 4.76. The first-order chi connectivity index (χ1) is 13.5. The number of ketones is 1. The van der Waals surface area contributed by atoms with Crippen molar-refractivity contribution in [3.05, 3.63) is 93.2 Å². The van der Waals surface area contributed by atoms with Crippen LogP contribution in [0.5, 0.6) is 0 Å². The molecule has 4 nitrogen and oxygen atoms in total. The number of carbonyl (C=O) groups is 1. The van der Waals surface area contributed by atoms with Crippen LogP contribution in [0.1, 0.15) is 33.1 Å². The third kappa shape index (κ3) is 2.38. The summed E-state index contributed by atoms with van der Waals surface area (Å²) >= 11 is 13.0. The molecule has 0 radical (unpaired) electrons. The Morgan fingerprint density at radius 3 is 2.46 bits per heavy atom. The van der Waals surface area contributed by atoms with E-state index in [-0.39, 0.29) is 5.78 Å². The number of Topliss-reactive ketones (excluding diaryl/α,β-unsaturated/α-hetero) is 1. The maximum absolute atomic E-state index is 13.4. The lowest BCUT2D eigenvalue weighted by Gasteiger charge is -2.28. The molecule has 0 N–H and O–H groups in total. The molecule has 5 rings (SSSR count). The minimum absolute atomic E-state index is 0.0787. The first kappa shape index (κ1) is 17.5. The summed E-state index contributed by atoms with van der Waals surface area (Å²) in [5.74, 6) is -0.497. The summed E-state index contributed by atoms with van der Waals surface area (Å²) in [6.07, 6.45) is 1.89. The van der Waals surface area contributed by atoms with Gasteiger partial charge in [-0.25, -0.2) is 0 Å². The Morgan fingerprint density at radius 2 is 1.79 bits per heavy atom. The van der Waals surface area contributed by atoms with Gasteiger partial charge >= 0.3 is 0 Å².